The summed E-state index contributed by atoms with van der Waals surface area (Å²) in [5.74, 6) is 2.26. The third-order valence-electron chi connectivity index (χ3n) is 4.42. The molecule has 1 aliphatic heterocycles. The van der Waals surface area contributed by atoms with Gasteiger partial charge in [-0.2, -0.15) is 0 Å². The van der Waals surface area contributed by atoms with Crippen LogP contribution in [-0.4, -0.2) is 24.8 Å². The summed E-state index contributed by atoms with van der Waals surface area (Å²) in [5.41, 5.74) is 2.18. The maximum Gasteiger partial charge on any atom is 0.123 e. The molecule has 4 nitrogen and oxygen atoms in total. The Morgan fingerprint density at radius 1 is 1.26 bits per heavy atom. The van der Waals surface area contributed by atoms with Gasteiger partial charge in [0, 0.05) is 24.7 Å². The average molecular weight is 335 g/mol. The van der Waals surface area contributed by atoms with Crippen molar-refractivity contribution in [3.05, 3.63) is 46.9 Å². The number of halogens is 1. The Morgan fingerprint density at radius 2 is 2.04 bits per heavy atom. The first-order valence-electron chi connectivity index (χ1n) is 8.10. The molecular weight excluding hydrogens is 312 g/mol. The summed E-state index contributed by atoms with van der Waals surface area (Å²) in [6, 6.07) is 9.91. The van der Waals surface area contributed by atoms with Crippen molar-refractivity contribution in [2.75, 3.05) is 29.9 Å². The van der Waals surface area contributed by atoms with E-state index in [-0.39, 0.29) is 6.61 Å². The fourth-order valence-corrected chi connectivity index (χ4v) is 3.22. The Morgan fingerprint density at radius 3 is 2.70 bits per heavy atom. The number of aliphatic hydroxyl groups is 1. The van der Waals surface area contributed by atoms with Crippen LogP contribution in [0.1, 0.15) is 24.4 Å². The molecule has 2 N–H and O–H groups in total. The van der Waals surface area contributed by atoms with E-state index in [1.165, 1.54) is 0 Å². The molecule has 2 heterocycles. The minimum absolute atomic E-state index is 0.289. The summed E-state index contributed by atoms with van der Waals surface area (Å²) in [5, 5.41) is 13.4. The number of aliphatic hydroxyl groups excluding tert-OH is 1. The van der Waals surface area contributed by atoms with Gasteiger partial charge in [-0.05, 0) is 56.0 Å². The van der Waals surface area contributed by atoms with E-state index >= 15 is 0 Å². The number of aryl methyl sites for hydroxylation is 1. The van der Waals surface area contributed by atoms with Gasteiger partial charge in [0.05, 0.1) is 17.9 Å². The van der Waals surface area contributed by atoms with Crippen molar-refractivity contribution in [3.8, 4) is 0 Å². The molecule has 0 amide bonds. The number of hydrogen-bond donors (Lipinski definition) is 2. The van der Waals surface area contributed by atoms with Crippen LogP contribution < -0.4 is 10.2 Å². The average Bonchev–Trinajstić information content (AvgIpc) is 2.99. The first-order chi connectivity index (χ1) is 11.2. The highest BCUT2D eigenvalue weighted by molar-refractivity contribution is 6.31. The van der Waals surface area contributed by atoms with Crippen LogP contribution in [0.3, 0.4) is 0 Å². The van der Waals surface area contributed by atoms with E-state index in [0.29, 0.717) is 12.5 Å². The fourth-order valence-electron chi connectivity index (χ4n) is 3.04. The Balaban J connectivity index is 1.72. The first-order valence-corrected chi connectivity index (χ1v) is 8.48. The lowest BCUT2D eigenvalue weighted by atomic mass is 9.97. The second-order valence-electron chi connectivity index (χ2n) is 6.14. The molecule has 5 heteroatoms. The molecule has 0 spiro atoms. The molecule has 0 aliphatic carbocycles. The zero-order valence-electron chi connectivity index (χ0n) is 13.4. The number of nitrogens with zero attached hydrogens (tertiary/aromatic N) is 1. The highest BCUT2D eigenvalue weighted by atomic mass is 35.5. The number of piperidine rings is 1. The number of furan rings is 1. The summed E-state index contributed by atoms with van der Waals surface area (Å²) in [6.07, 6.45) is 2.05. The molecule has 1 saturated heterocycles. The van der Waals surface area contributed by atoms with Crippen molar-refractivity contribution in [1.82, 2.24) is 0 Å². The Hall–Kier alpha value is -1.65. The predicted molar refractivity (Wildman–Crippen MR) is 94.2 cm³/mol. The summed E-state index contributed by atoms with van der Waals surface area (Å²) in [6.45, 7) is 4.79. The molecule has 1 fully saturated rings. The molecule has 0 atom stereocenters. The molecule has 0 unspecified atom stereocenters. The van der Waals surface area contributed by atoms with E-state index in [1.807, 2.05) is 31.2 Å². The zero-order chi connectivity index (χ0) is 16.2. The van der Waals surface area contributed by atoms with Gasteiger partial charge < -0.3 is 19.7 Å². The van der Waals surface area contributed by atoms with Gasteiger partial charge in [-0.15, -0.1) is 0 Å². The highest BCUT2D eigenvalue weighted by Crippen LogP contribution is 2.32. The number of nitrogens with one attached hydrogen (secondary N) is 1. The van der Waals surface area contributed by atoms with E-state index in [9.17, 15) is 5.11 Å². The lowest BCUT2D eigenvalue weighted by molar-refractivity contribution is 0.203. The molecular formula is C18H23ClN2O2. The van der Waals surface area contributed by atoms with Crippen molar-refractivity contribution in [2.24, 2.45) is 5.92 Å². The van der Waals surface area contributed by atoms with Crippen molar-refractivity contribution in [3.63, 3.8) is 0 Å². The molecule has 3 rings (SSSR count). The van der Waals surface area contributed by atoms with Gasteiger partial charge in [0.15, 0.2) is 0 Å². The van der Waals surface area contributed by atoms with Crippen LogP contribution in [0.25, 0.3) is 0 Å². The molecule has 0 radical (unpaired) electrons. The Labute approximate surface area is 142 Å². The van der Waals surface area contributed by atoms with Crippen LogP contribution in [-0.2, 0) is 6.54 Å². The standard InChI is InChI=1S/C18H23ClN2O2/c1-13-2-4-16(23-13)11-20-17-10-15(19)3-5-18(17)21-8-6-14(12-22)7-9-21/h2-5,10,14,20,22H,6-9,11-12H2,1H3. The van der Waals surface area contributed by atoms with Crippen LogP contribution >= 0.6 is 11.6 Å². The van der Waals surface area contributed by atoms with Gasteiger partial charge in [-0.25, -0.2) is 0 Å². The zero-order valence-corrected chi connectivity index (χ0v) is 14.1. The lowest BCUT2D eigenvalue weighted by Crippen LogP contribution is -2.35. The lowest BCUT2D eigenvalue weighted by Gasteiger charge is -2.34. The van der Waals surface area contributed by atoms with Gasteiger partial charge in [-0.1, -0.05) is 11.6 Å². The predicted octanol–water partition coefficient (Wildman–Crippen LogP) is 4.06. The maximum absolute atomic E-state index is 9.29. The van der Waals surface area contributed by atoms with Crippen molar-refractivity contribution in [1.29, 1.82) is 0 Å². The van der Waals surface area contributed by atoms with E-state index < -0.39 is 0 Å². The minimum Gasteiger partial charge on any atom is -0.465 e. The maximum atomic E-state index is 9.29. The highest BCUT2D eigenvalue weighted by Gasteiger charge is 2.20. The fraction of sp³-hybridized carbons (Fsp3) is 0.444. The van der Waals surface area contributed by atoms with E-state index in [0.717, 1.165) is 53.8 Å². The topological polar surface area (TPSA) is 48.6 Å². The largest absolute Gasteiger partial charge is 0.465 e. The van der Waals surface area contributed by atoms with Crippen LogP contribution in [0.4, 0.5) is 11.4 Å². The summed E-state index contributed by atoms with van der Waals surface area (Å²) in [7, 11) is 0. The second-order valence-corrected chi connectivity index (χ2v) is 6.58. The Bertz CT molecular complexity index is 648. The second kappa shape index (κ2) is 7.28. The Kier molecular flexibility index (Phi) is 5.13. The number of anilines is 2. The third-order valence-corrected chi connectivity index (χ3v) is 4.66. The molecule has 124 valence electrons. The van der Waals surface area contributed by atoms with E-state index in [2.05, 4.69) is 16.3 Å². The summed E-state index contributed by atoms with van der Waals surface area (Å²) >= 11 is 6.17. The molecule has 0 bridgehead atoms. The summed E-state index contributed by atoms with van der Waals surface area (Å²) < 4.78 is 5.61. The first kappa shape index (κ1) is 16.2. The normalized spacial score (nSPS) is 15.9. The molecule has 1 aromatic carbocycles. The minimum atomic E-state index is 0.289. The van der Waals surface area contributed by atoms with E-state index in [1.54, 1.807) is 0 Å². The number of rotatable bonds is 5. The van der Waals surface area contributed by atoms with E-state index in [4.69, 9.17) is 16.0 Å². The van der Waals surface area contributed by atoms with Crippen molar-refractivity contribution in [2.45, 2.75) is 26.3 Å². The molecule has 1 aromatic heterocycles. The van der Waals surface area contributed by atoms with Crippen LogP contribution in [0, 0.1) is 12.8 Å². The number of hydrogen-bond acceptors (Lipinski definition) is 4. The smallest absolute Gasteiger partial charge is 0.123 e. The molecule has 0 saturated carbocycles. The van der Waals surface area contributed by atoms with Gasteiger partial charge in [0.25, 0.3) is 0 Å². The van der Waals surface area contributed by atoms with Crippen LogP contribution in [0.15, 0.2) is 34.7 Å². The molecule has 2 aromatic rings. The van der Waals surface area contributed by atoms with Gasteiger partial charge in [0.2, 0.25) is 0 Å². The monoisotopic (exact) mass is 334 g/mol. The quantitative estimate of drug-likeness (QED) is 0.865. The summed E-state index contributed by atoms with van der Waals surface area (Å²) in [4.78, 5) is 2.36. The van der Waals surface area contributed by atoms with Crippen LogP contribution in [0.2, 0.25) is 5.02 Å². The van der Waals surface area contributed by atoms with Gasteiger partial charge in [0.1, 0.15) is 11.5 Å². The third kappa shape index (κ3) is 4.01. The van der Waals surface area contributed by atoms with Crippen molar-refractivity contribution < 1.29 is 9.52 Å². The van der Waals surface area contributed by atoms with Gasteiger partial charge >= 0.3 is 0 Å². The SMILES string of the molecule is Cc1ccc(CNc2cc(Cl)ccc2N2CCC(CO)CC2)o1. The van der Waals surface area contributed by atoms with Gasteiger partial charge in [-0.3, -0.25) is 0 Å². The molecule has 1 aliphatic rings. The number of benzene rings is 1. The van der Waals surface area contributed by atoms with Crippen molar-refractivity contribution >= 4 is 23.0 Å². The molecule has 23 heavy (non-hydrogen) atoms. The van der Waals surface area contributed by atoms with Crippen LogP contribution in [0.5, 0.6) is 0 Å².